The van der Waals surface area contributed by atoms with Crippen molar-refractivity contribution in [1.29, 1.82) is 0 Å². The molecule has 20 heavy (non-hydrogen) atoms. The maximum atomic E-state index is 13.1. The third-order valence-corrected chi connectivity index (χ3v) is 5.04. The van der Waals surface area contributed by atoms with Crippen LogP contribution >= 0.6 is 0 Å². The highest BCUT2D eigenvalue weighted by Crippen LogP contribution is 2.45. The van der Waals surface area contributed by atoms with Crippen LogP contribution in [0.5, 0.6) is 0 Å². The van der Waals surface area contributed by atoms with Gasteiger partial charge in [0.1, 0.15) is 0 Å². The summed E-state index contributed by atoms with van der Waals surface area (Å²) in [5.74, 6) is 0.244. The summed E-state index contributed by atoms with van der Waals surface area (Å²) in [5.41, 5.74) is 0.838. The van der Waals surface area contributed by atoms with E-state index in [1.807, 2.05) is 23.1 Å². The van der Waals surface area contributed by atoms with E-state index in [0.717, 1.165) is 50.6 Å². The van der Waals surface area contributed by atoms with Crippen molar-refractivity contribution < 1.29 is 9.90 Å². The summed E-state index contributed by atoms with van der Waals surface area (Å²) >= 11 is 0. The molecule has 0 aromatic heterocycles. The summed E-state index contributed by atoms with van der Waals surface area (Å²) in [6.45, 7) is 0.898. The molecular formula is C17H23NO2. The lowest BCUT2D eigenvalue weighted by Crippen LogP contribution is -2.56. The Labute approximate surface area is 120 Å². The standard InChI is InChI=1S/C17H23NO2/c19-13-15-9-4-5-12-18(15)16(20)17(10-6-11-17)14-7-2-1-3-8-14/h1-3,7-8,15,19H,4-6,9-13H2. The van der Waals surface area contributed by atoms with Gasteiger partial charge in [0.15, 0.2) is 0 Å². The highest BCUT2D eigenvalue weighted by Gasteiger charge is 2.48. The monoisotopic (exact) mass is 273 g/mol. The minimum atomic E-state index is -0.313. The van der Waals surface area contributed by atoms with Crippen molar-refractivity contribution in [3.8, 4) is 0 Å². The summed E-state index contributed by atoms with van der Waals surface area (Å²) in [7, 11) is 0. The minimum absolute atomic E-state index is 0.0254. The second-order valence-electron chi connectivity index (χ2n) is 6.13. The van der Waals surface area contributed by atoms with Gasteiger partial charge in [-0.15, -0.1) is 0 Å². The van der Waals surface area contributed by atoms with E-state index >= 15 is 0 Å². The highest BCUT2D eigenvalue weighted by molar-refractivity contribution is 5.89. The van der Waals surface area contributed by atoms with Crippen LogP contribution in [0.15, 0.2) is 30.3 Å². The van der Waals surface area contributed by atoms with E-state index in [0.29, 0.717) is 0 Å². The summed E-state index contributed by atoms with van der Waals surface area (Å²) in [6, 6.07) is 10.2. The van der Waals surface area contributed by atoms with Crippen molar-refractivity contribution >= 4 is 5.91 Å². The van der Waals surface area contributed by atoms with Gasteiger partial charge in [0.05, 0.1) is 18.1 Å². The number of likely N-dealkylation sites (tertiary alicyclic amines) is 1. The molecule has 1 atom stereocenters. The van der Waals surface area contributed by atoms with Crippen LogP contribution in [0.3, 0.4) is 0 Å². The van der Waals surface area contributed by atoms with E-state index in [4.69, 9.17) is 0 Å². The Morgan fingerprint density at radius 2 is 1.95 bits per heavy atom. The average molecular weight is 273 g/mol. The molecule has 3 nitrogen and oxygen atoms in total. The first-order valence-electron chi connectivity index (χ1n) is 7.75. The molecule has 0 bridgehead atoms. The largest absolute Gasteiger partial charge is 0.394 e. The Hall–Kier alpha value is -1.35. The number of rotatable bonds is 3. The van der Waals surface area contributed by atoms with Crippen LogP contribution in [0.4, 0.5) is 0 Å². The lowest BCUT2D eigenvalue weighted by molar-refractivity contribution is -0.145. The van der Waals surface area contributed by atoms with E-state index in [9.17, 15) is 9.90 Å². The molecule has 1 N–H and O–H groups in total. The first kappa shape index (κ1) is 13.6. The van der Waals surface area contributed by atoms with Crippen LogP contribution in [-0.2, 0) is 10.2 Å². The third kappa shape index (κ3) is 2.14. The number of benzene rings is 1. The molecule has 1 aromatic rings. The number of hydrogen-bond acceptors (Lipinski definition) is 2. The zero-order valence-corrected chi connectivity index (χ0v) is 11.9. The molecule has 2 fully saturated rings. The van der Waals surface area contributed by atoms with Gasteiger partial charge in [-0.2, -0.15) is 0 Å². The molecule has 3 rings (SSSR count). The fourth-order valence-electron chi connectivity index (χ4n) is 3.65. The van der Waals surface area contributed by atoms with Crippen molar-refractivity contribution in [3.63, 3.8) is 0 Å². The molecule has 0 radical (unpaired) electrons. The molecule has 2 aliphatic rings. The first-order valence-corrected chi connectivity index (χ1v) is 7.75. The van der Waals surface area contributed by atoms with Crippen LogP contribution in [-0.4, -0.2) is 35.1 Å². The van der Waals surface area contributed by atoms with Gasteiger partial charge in [-0.25, -0.2) is 0 Å². The Morgan fingerprint density at radius 1 is 1.20 bits per heavy atom. The van der Waals surface area contributed by atoms with Gasteiger partial charge in [-0.05, 0) is 37.7 Å². The summed E-state index contributed by atoms with van der Waals surface area (Å²) < 4.78 is 0. The number of carbonyl (C=O) groups excluding carboxylic acids is 1. The number of aliphatic hydroxyl groups is 1. The lowest BCUT2D eigenvalue weighted by Gasteiger charge is -2.47. The maximum absolute atomic E-state index is 13.1. The second kappa shape index (κ2) is 5.57. The normalized spacial score (nSPS) is 25.1. The number of carbonyl (C=O) groups is 1. The molecule has 1 saturated heterocycles. The highest BCUT2D eigenvalue weighted by atomic mass is 16.3. The van der Waals surface area contributed by atoms with Gasteiger partial charge in [-0.1, -0.05) is 36.8 Å². The zero-order chi connectivity index (χ0) is 14.0. The van der Waals surface area contributed by atoms with Gasteiger partial charge in [0.2, 0.25) is 5.91 Å². The topological polar surface area (TPSA) is 40.5 Å². The van der Waals surface area contributed by atoms with E-state index in [2.05, 4.69) is 12.1 Å². The number of hydrogen-bond donors (Lipinski definition) is 1. The van der Waals surface area contributed by atoms with Crippen molar-refractivity contribution in [2.75, 3.05) is 13.2 Å². The van der Waals surface area contributed by atoms with Crippen LogP contribution < -0.4 is 0 Å². The summed E-state index contributed by atoms with van der Waals surface area (Å²) in [4.78, 5) is 15.0. The third-order valence-electron chi connectivity index (χ3n) is 5.04. The molecule has 3 heteroatoms. The number of nitrogens with zero attached hydrogens (tertiary/aromatic N) is 1. The second-order valence-corrected chi connectivity index (χ2v) is 6.13. The Balaban J connectivity index is 1.87. The Bertz CT molecular complexity index is 467. The van der Waals surface area contributed by atoms with Gasteiger partial charge in [-0.3, -0.25) is 4.79 Å². The predicted octanol–water partition coefficient (Wildman–Crippen LogP) is 2.48. The fraction of sp³-hybridized carbons (Fsp3) is 0.588. The number of amides is 1. The van der Waals surface area contributed by atoms with Gasteiger partial charge in [0, 0.05) is 6.54 Å². The fourth-order valence-corrected chi connectivity index (χ4v) is 3.65. The summed E-state index contributed by atoms with van der Waals surface area (Å²) in [6.07, 6.45) is 6.14. The smallest absolute Gasteiger partial charge is 0.233 e. The van der Waals surface area contributed by atoms with E-state index in [1.165, 1.54) is 0 Å². The molecule has 1 amide bonds. The summed E-state index contributed by atoms with van der Waals surface area (Å²) in [5, 5.41) is 9.54. The zero-order valence-electron chi connectivity index (χ0n) is 11.9. The van der Waals surface area contributed by atoms with Crippen molar-refractivity contribution in [3.05, 3.63) is 35.9 Å². The van der Waals surface area contributed by atoms with E-state index < -0.39 is 0 Å². The van der Waals surface area contributed by atoms with Crippen LogP contribution in [0.25, 0.3) is 0 Å². The van der Waals surface area contributed by atoms with Gasteiger partial charge >= 0.3 is 0 Å². The molecule has 1 aliphatic heterocycles. The van der Waals surface area contributed by atoms with Crippen molar-refractivity contribution in [2.24, 2.45) is 0 Å². The van der Waals surface area contributed by atoms with Crippen molar-refractivity contribution in [2.45, 2.75) is 50.0 Å². The van der Waals surface area contributed by atoms with Crippen LogP contribution in [0, 0.1) is 0 Å². The average Bonchev–Trinajstić information content (AvgIpc) is 2.47. The molecular weight excluding hydrogens is 250 g/mol. The Kier molecular flexibility index (Phi) is 3.79. The van der Waals surface area contributed by atoms with Crippen LogP contribution in [0.2, 0.25) is 0 Å². The molecule has 1 unspecified atom stereocenters. The first-order chi connectivity index (χ1) is 9.78. The number of aliphatic hydroxyl groups excluding tert-OH is 1. The molecule has 1 saturated carbocycles. The SMILES string of the molecule is O=C(N1CCCCC1CO)C1(c2ccccc2)CCC1. The lowest BCUT2D eigenvalue weighted by atomic mass is 9.63. The molecule has 1 heterocycles. The molecule has 108 valence electrons. The number of piperidine rings is 1. The Morgan fingerprint density at radius 3 is 2.55 bits per heavy atom. The van der Waals surface area contributed by atoms with Gasteiger partial charge in [0.25, 0.3) is 0 Å². The molecule has 0 spiro atoms. The van der Waals surface area contributed by atoms with Crippen LogP contribution in [0.1, 0.15) is 44.1 Å². The minimum Gasteiger partial charge on any atom is -0.394 e. The maximum Gasteiger partial charge on any atom is 0.233 e. The van der Waals surface area contributed by atoms with E-state index in [-0.39, 0.29) is 24.0 Å². The van der Waals surface area contributed by atoms with E-state index in [1.54, 1.807) is 0 Å². The predicted molar refractivity (Wildman–Crippen MR) is 78.4 cm³/mol. The van der Waals surface area contributed by atoms with Crippen molar-refractivity contribution in [1.82, 2.24) is 4.90 Å². The molecule has 1 aromatic carbocycles. The quantitative estimate of drug-likeness (QED) is 0.919. The molecule has 1 aliphatic carbocycles. The van der Waals surface area contributed by atoms with Gasteiger partial charge < -0.3 is 10.0 Å².